The van der Waals surface area contributed by atoms with Crippen LogP contribution in [0.5, 0.6) is 23.0 Å². The number of carbonyl (C=O) groups excluding carboxylic acids is 4. The van der Waals surface area contributed by atoms with E-state index >= 15 is 0 Å². The second kappa shape index (κ2) is 26.9. The Morgan fingerprint density at radius 2 is 0.957 bits per heavy atom. The van der Waals surface area contributed by atoms with Gasteiger partial charge in [-0.15, -0.1) is 0 Å². The van der Waals surface area contributed by atoms with Crippen LogP contribution in [0.25, 0.3) is 21.5 Å². The van der Waals surface area contributed by atoms with Gasteiger partial charge >= 0.3 is 25.7 Å². The number of nitro benzene ring substituents is 2. The maximum absolute atomic E-state index is 12.5. The third kappa shape index (κ3) is 18.4. The SMILES string of the molecule is CB(O)NCCCC(=O)[C@H](C)c1ccc2cc(O)ccc2c1.CB(O)NCCCC(=O)[C@H](C)c1ccc2cc(OC(=O)Oc3ccc([N+](=O)[O-])cc3)ccc2c1.O=C(Cl)Oc1ccc([N+](=O)[O-])cc1. The highest BCUT2D eigenvalue weighted by molar-refractivity contribution is 6.61. The summed E-state index contributed by atoms with van der Waals surface area (Å²) in [5, 5.41) is 58.2. The number of non-ortho nitro benzene ring substituents is 2. The fourth-order valence-electron chi connectivity index (χ4n) is 6.63. The van der Waals surface area contributed by atoms with Crippen LogP contribution >= 0.6 is 11.6 Å². The first-order chi connectivity index (χ1) is 32.8. The Morgan fingerprint density at radius 3 is 1.39 bits per heavy atom. The number of carbonyl (C=O) groups is 4. The number of nitro groups is 2. The maximum Gasteiger partial charge on any atom is 0.519 e. The van der Waals surface area contributed by atoms with Crippen molar-refractivity contribution in [1.29, 1.82) is 0 Å². The molecule has 69 heavy (non-hydrogen) atoms. The zero-order valence-corrected chi connectivity index (χ0v) is 39.0. The molecular formula is C48H51B2ClN4O14. The zero-order chi connectivity index (χ0) is 50.6. The van der Waals surface area contributed by atoms with Gasteiger partial charge in [-0.2, -0.15) is 0 Å². The summed E-state index contributed by atoms with van der Waals surface area (Å²) < 4.78 is 14.7. The van der Waals surface area contributed by atoms with Crippen molar-refractivity contribution < 1.29 is 58.4 Å². The molecule has 0 heterocycles. The van der Waals surface area contributed by atoms with E-state index < -0.39 is 35.5 Å². The molecule has 0 saturated heterocycles. The molecule has 0 fully saturated rings. The molecule has 0 aliphatic heterocycles. The van der Waals surface area contributed by atoms with E-state index in [-0.39, 0.29) is 57.8 Å². The molecule has 0 amide bonds. The Labute approximate surface area is 403 Å². The molecule has 0 aromatic heterocycles. The standard InChI is InChI=1S/C24H25BN2O7.C17H22BNO3.C7H4ClNO4/c1-16(23(28)4-3-13-26-25(2)30)17-5-6-19-15-22(10-7-18(19)14-17)34-24(29)33-21-11-8-20(9-12-21)27(31)32;1-12(17(21)4-3-9-19-18(2)22)13-5-6-15-11-16(20)8-7-14(15)10-13;8-7(10)13-6-3-1-5(2-4-6)9(11)12/h5-12,14-16,26,30H,3-4,13H2,1-2H3;5-8,10-12,19-20,22H,3-4,9H2,1-2H3;1-4H/t16-;12-;/m11./s1. The van der Waals surface area contributed by atoms with Crippen molar-refractivity contribution in [2.45, 2.75) is 65.0 Å². The van der Waals surface area contributed by atoms with E-state index in [0.29, 0.717) is 32.4 Å². The van der Waals surface area contributed by atoms with Gasteiger partial charge in [0.1, 0.15) is 34.6 Å². The van der Waals surface area contributed by atoms with Gasteiger partial charge in [-0.05, 0) is 121 Å². The van der Waals surface area contributed by atoms with Crippen molar-refractivity contribution in [2.24, 2.45) is 0 Å². The molecule has 18 nitrogen and oxygen atoms in total. The monoisotopic (exact) mass is 964 g/mol. The minimum Gasteiger partial charge on any atom is -0.508 e. The van der Waals surface area contributed by atoms with Crippen molar-refractivity contribution in [2.75, 3.05) is 13.1 Å². The average molecular weight is 965 g/mol. The second-order valence-corrected chi connectivity index (χ2v) is 16.0. The van der Waals surface area contributed by atoms with E-state index in [9.17, 15) is 49.5 Å². The van der Waals surface area contributed by atoms with Gasteiger partial charge in [-0.1, -0.05) is 62.4 Å². The lowest BCUT2D eigenvalue weighted by atomic mass is 9.88. The highest BCUT2D eigenvalue weighted by Gasteiger charge is 2.18. The number of hydrogen-bond donors (Lipinski definition) is 5. The van der Waals surface area contributed by atoms with Gasteiger partial charge in [0, 0.05) is 60.5 Å². The summed E-state index contributed by atoms with van der Waals surface area (Å²) in [5.41, 5.74) is 0.723. The van der Waals surface area contributed by atoms with Crippen LogP contribution in [0.3, 0.4) is 0 Å². The molecule has 0 unspecified atom stereocenters. The van der Waals surface area contributed by atoms with Crippen LogP contribution in [0.1, 0.15) is 62.5 Å². The van der Waals surface area contributed by atoms with Crippen LogP contribution < -0.4 is 24.7 Å². The number of benzene rings is 6. The van der Waals surface area contributed by atoms with Crippen LogP contribution in [-0.4, -0.2) is 75.3 Å². The Bertz CT molecular complexity index is 2730. The van der Waals surface area contributed by atoms with E-state index in [1.165, 1.54) is 48.5 Å². The van der Waals surface area contributed by atoms with Crippen LogP contribution in [-0.2, 0) is 9.59 Å². The van der Waals surface area contributed by atoms with Crippen molar-refractivity contribution in [1.82, 2.24) is 10.5 Å². The highest BCUT2D eigenvalue weighted by atomic mass is 35.5. The fraction of sp³-hybridized carbons (Fsp3) is 0.250. The number of nitrogens with one attached hydrogen (secondary N) is 2. The Morgan fingerprint density at radius 1 is 0.580 bits per heavy atom. The van der Waals surface area contributed by atoms with E-state index in [1.54, 1.807) is 44.0 Å². The number of phenols is 1. The number of nitrogens with zero attached hydrogens (tertiary/aromatic N) is 2. The minimum absolute atomic E-state index is 0.0747. The summed E-state index contributed by atoms with van der Waals surface area (Å²) in [4.78, 5) is 66.9. The predicted molar refractivity (Wildman–Crippen MR) is 263 cm³/mol. The quantitative estimate of drug-likeness (QED) is 0.00962. The molecule has 21 heteroatoms. The summed E-state index contributed by atoms with van der Waals surface area (Å²) in [7, 11) is -1.13. The van der Waals surface area contributed by atoms with E-state index in [0.717, 1.165) is 39.1 Å². The molecule has 6 rings (SSSR count). The molecule has 0 radical (unpaired) electrons. The Kier molecular flexibility index (Phi) is 21.2. The summed E-state index contributed by atoms with van der Waals surface area (Å²) in [6, 6.07) is 32.0. The predicted octanol–water partition coefficient (Wildman–Crippen LogP) is 9.51. The first kappa shape index (κ1) is 54.4. The summed E-state index contributed by atoms with van der Waals surface area (Å²) in [5.74, 6) is 0.739. The van der Waals surface area contributed by atoms with Gasteiger partial charge in [0.2, 0.25) is 0 Å². The molecule has 360 valence electrons. The molecule has 5 N–H and O–H groups in total. The van der Waals surface area contributed by atoms with Gasteiger partial charge in [-0.25, -0.2) is 9.59 Å². The van der Waals surface area contributed by atoms with Gasteiger partial charge in [0.15, 0.2) is 0 Å². The number of aromatic hydroxyl groups is 1. The first-order valence-electron chi connectivity index (χ1n) is 21.7. The third-order valence-corrected chi connectivity index (χ3v) is 10.5. The Balaban J connectivity index is 0.000000252. The lowest BCUT2D eigenvalue weighted by Gasteiger charge is -2.13. The molecule has 0 aliphatic carbocycles. The van der Waals surface area contributed by atoms with Gasteiger partial charge in [-0.3, -0.25) is 29.8 Å². The highest BCUT2D eigenvalue weighted by Crippen LogP contribution is 2.28. The molecule has 6 aromatic carbocycles. The third-order valence-electron chi connectivity index (χ3n) is 10.4. The van der Waals surface area contributed by atoms with Gasteiger partial charge < -0.3 is 39.8 Å². The number of ether oxygens (including phenoxy) is 3. The van der Waals surface area contributed by atoms with E-state index in [1.807, 2.05) is 56.3 Å². The van der Waals surface area contributed by atoms with E-state index in [4.69, 9.17) is 26.1 Å². The van der Waals surface area contributed by atoms with Crippen molar-refractivity contribution in [3.8, 4) is 23.0 Å². The van der Waals surface area contributed by atoms with Crippen molar-refractivity contribution in [3.05, 3.63) is 153 Å². The molecule has 0 aliphatic rings. The fourth-order valence-corrected chi connectivity index (χ4v) is 6.71. The summed E-state index contributed by atoms with van der Waals surface area (Å²) in [6.45, 7) is 8.30. The molecular weight excluding hydrogens is 914 g/mol. The largest absolute Gasteiger partial charge is 0.519 e. The number of fused-ring (bicyclic) bond motifs is 2. The topological polar surface area (TPSA) is 267 Å². The average Bonchev–Trinajstić information content (AvgIpc) is 3.31. The molecule has 0 saturated carbocycles. The van der Waals surface area contributed by atoms with Gasteiger partial charge in [0.05, 0.1) is 9.85 Å². The number of Topliss-reactive ketones (excluding diaryl/α,β-unsaturated/α-hetero) is 2. The number of rotatable bonds is 19. The van der Waals surface area contributed by atoms with Gasteiger partial charge in [0.25, 0.3) is 11.4 Å². The zero-order valence-electron chi connectivity index (χ0n) is 38.2. The summed E-state index contributed by atoms with van der Waals surface area (Å²) in [6.07, 6.45) is 1.32. The van der Waals surface area contributed by atoms with Crippen LogP contribution in [0.2, 0.25) is 13.6 Å². The smallest absolute Gasteiger partial charge is 0.508 e. The lowest BCUT2D eigenvalue weighted by Crippen LogP contribution is -2.31. The molecule has 0 spiro atoms. The van der Waals surface area contributed by atoms with Crippen LogP contribution in [0.15, 0.2) is 121 Å². The molecule has 0 bridgehead atoms. The van der Waals surface area contributed by atoms with Crippen LogP contribution in [0.4, 0.5) is 21.0 Å². The normalized spacial score (nSPS) is 11.4. The number of halogens is 1. The lowest BCUT2D eigenvalue weighted by molar-refractivity contribution is -0.385. The second-order valence-electron chi connectivity index (χ2n) is 15.7. The van der Waals surface area contributed by atoms with Crippen molar-refractivity contribution >= 4 is 81.8 Å². The van der Waals surface area contributed by atoms with Crippen LogP contribution in [0, 0.1) is 20.2 Å². The maximum atomic E-state index is 12.5. The summed E-state index contributed by atoms with van der Waals surface area (Å²) >= 11 is 4.92. The molecule has 6 aromatic rings. The Hall–Kier alpha value is -7.22. The molecule has 2 atom stereocenters. The van der Waals surface area contributed by atoms with E-state index in [2.05, 4.69) is 15.2 Å². The number of phenolic OH excluding ortho intramolecular Hbond substituents is 1. The van der Waals surface area contributed by atoms with Crippen molar-refractivity contribution in [3.63, 3.8) is 0 Å². The number of hydrogen-bond acceptors (Lipinski definition) is 16. The first-order valence-corrected chi connectivity index (χ1v) is 22.1. The number of ketones is 2. The minimum atomic E-state index is -0.978.